The van der Waals surface area contributed by atoms with Gasteiger partial charge in [-0.15, -0.1) is 0 Å². The number of ether oxygens (including phenoxy) is 5. The highest BCUT2D eigenvalue weighted by Gasteiger charge is 2.20. The van der Waals surface area contributed by atoms with Crippen LogP contribution in [0.15, 0.2) is 35.4 Å². The second kappa shape index (κ2) is 8.08. The lowest BCUT2D eigenvalue weighted by atomic mass is 10.1. The number of methoxy groups -OCH3 is 5. The molecular formula is C20H22N2O6. The first kappa shape index (κ1) is 19.3. The van der Waals surface area contributed by atoms with E-state index >= 15 is 0 Å². The molecule has 148 valence electrons. The molecule has 0 amide bonds. The summed E-state index contributed by atoms with van der Waals surface area (Å²) < 4.78 is 28.5. The number of hydrogen-bond acceptors (Lipinski definition) is 7. The second-order valence-electron chi connectivity index (χ2n) is 5.86. The Hall–Kier alpha value is -3.42. The maximum absolute atomic E-state index is 13.2. The van der Waals surface area contributed by atoms with Crippen LogP contribution in [0, 0.1) is 0 Å². The third-order valence-electron chi connectivity index (χ3n) is 4.48. The van der Waals surface area contributed by atoms with Gasteiger partial charge in [0.25, 0.3) is 5.56 Å². The average Bonchev–Trinajstić information content (AvgIpc) is 2.74. The lowest BCUT2D eigenvalue weighted by molar-refractivity contribution is 0.326. The minimum Gasteiger partial charge on any atom is -0.496 e. The highest BCUT2D eigenvalue weighted by Crippen LogP contribution is 2.41. The highest BCUT2D eigenvalue weighted by molar-refractivity contribution is 5.89. The molecule has 0 saturated heterocycles. The molecule has 1 aromatic heterocycles. The van der Waals surface area contributed by atoms with Crippen molar-refractivity contribution in [3.05, 3.63) is 46.5 Å². The molecule has 0 atom stereocenters. The lowest BCUT2D eigenvalue weighted by Gasteiger charge is -2.16. The van der Waals surface area contributed by atoms with Gasteiger partial charge in [-0.3, -0.25) is 9.36 Å². The summed E-state index contributed by atoms with van der Waals surface area (Å²) in [7, 11) is 7.63. The van der Waals surface area contributed by atoms with Crippen LogP contribution in [0.2, 0.25) is 0 Å². The van der Waals surface area contributed by atoms with E-state index < -0.39 is 0 Å². The number of hydrogen-bond donors (Lipinski definition) is 0. The summed E-state index contributed by atoms with van der Waals surface area (Å²) in [5, 5.41) is 0.353. The zero-order chi connectivity index (χ0) is 20.3. The summed E-state index contributed by atoms with van der Waals surface area (Å²) in [5.41, 5.74) is 0.883. The molecule has 0 bridgehead atoms. The van der Waals surface area contributed by atoms with E-state index in [0.29, 0.717) is 39.7 Å². The van der Waals surface area contributed by atoms with Crippen molar-refractivity contribution in [3.8, 4) is 28.7 Å². The predicted molar refractivity (Wildman–Crippen MR) is 104 cm³/mol. The number of fused-ring (bicyclic) bond motifs is 1. The van der Waals surface area contributed by atoms with E-state index in [9.17, 15) is 4.79 Å². The standard InChI is InChI=1S/C20H22N2O6/c1-24-14-7-6-8-15(25-2)13(14)10-22-11-21-17-12(20(22)23)9-16(26-3)18(27-4)19(17)28-5/h6-9,11H,10H2,1-5H3. The molecular weight excluding hydrogens is 364 g/mol. The minimum atomic E-state index is -0.253. The molecule has 0 aliphatic carbocycles. The van der Waals surface area contributed by atoms with Crippen LogP contribution in [0.1, 0.15) is 5.56 Å². The maximum Gasteiger partial charge on any atom is 0.261 e. The molecule has 0 saturated carbocycles. The Bertz CT molecular complexity index is 1040. The van der Waals surface area contributed by atoms with Crippen LogP contribution in [0.3, 0.4) is 0 Å². The SMILES string of the molecule is COc1cccc(OC)c1Cn1cnc2c(OC)c(OC)c(OC)cc2c1=O. The van der Waals surface area contributed by atoms with Crippen LogP contribution in [0.4, 0.5) is 0 Å². The van der Waals surface area contributed by atoms with E-state index in [4.69, 9.17) is 23.7 Å². The van der Waals surface area contributed by atoms with Gasteiger partial charge in [-0.25, -0.2) is 4.98 Å². The molecule has 0 spiro atoms. The Morgan fingerprint density at radius 3 is 2.00 bits per heavy atom. The fraction of sp³-hybridized carbons (Fsp3) is 0.300. The summed E-state index contributed by atoms with van der Waals surface area (Å²) >= 11 is 0. The molecule has 0 fully saturated rings. The van der Waals surface area contributed by atoms with Crippen molar-refractivity contribution in [2.45, 2.75) is 6.54 Å². The molecule has 0 N–H and O–H groups in total. The van der Waals surface area contributed by atoms with Crippen molar-refractivity contribution in [2.24, 2.45) is 0 Å². The largest absolute Gasteiger partial charge is 0.496 e. The van der Waals surface area contributed by atoms with Crippen LogP contribution < -0.4 is 29.2 Å². The smallest absolute Gasteiger partial charge is 0.261 e. The zero-order valence-corrected chi connectivity index (χ0v) is 16.4. The molecule has 3 aromatic rings. The Morgan fingerprint density at radius 1 is 0.857 bits per heavy atom. The van der Waals surface area contributed by atoms with E-state index in [0.717, 1.165) is 5.56 Å². The lowest BCUT2D eigenvalue weighted by Crippen LogP contribution is -2.22. The summed E-state index contributed by atoms with van der Waals surface area (Å²) in [6.45, 7) is 0.228. The predicted octanol–water partition coefficient (Wildman–Crippen LogP) is 2.49. The normalized spacial score (nSPS) is 10.6. The fourth-order valence-electron chi connectivity index (χ4n) is 3.13. The van der Waals surface area contributed by atoms with Crippen LogP contribution in [0.5, 0.6) is 28.7 Å². The molecule has 0 aliphatic rings. The number of aromatic nitrogens is 2. The summed E-state index contributed by atoms with van der Waals surface area (Å²) in [4.78, 5) is 17.6. The quantitative estimate of drug-likeness (QED) is 0.617. The van der Waals surface area contributed by atoms with Crippen molar-refractivity contribution in [3.63, 3.8) is 0 Å². The van der Waals surface area contributed by atoms with E-state index in [1.54, 1.807) is 20.3 Å². The van der Waals surface area contributed by atoms with Gasteiger partial charge < -0.3 is 23.7 Å². The van der Waals surface area contributed by atoms with E-state index in [-0.39, 0.29) is 12.1 Å². The van der Waals surface area contributed by atoms with E-state index in [1.165, 1.54) is 32.2 Å². The van der Waals surface area contributed by atoms with Gasteiger partial charge in [0.2, 0.25) is 5.75 Å². The molecule has 0 radical (unpaired) electrons. The Balaban J connectivity index is 2.21. The van der Waals surface area contributed by atoms with Gasteiger partial charge in [-0.1, -0.05) is 6.07 Å². The first-order valence-corrected chi connectivity index (χ1v) is 8.47. The summed E-state index contributed by atoms with van der Waals surface area (Å²) in [6.07, 6.45) is 1.46. The molecule has 1 heterocycles. The first-order chi connectivity index (χ1) is 13.6. The highest BCUT2D eigenvalue weighted by atomic mass is 16.5. The summed E-state index contributed by atoms with van der Waals surface area (Å²) in [6, 6.07) is 7.05. The molecule has 2 aromatic carbocycles. The third-order valence-corrected chi connectivity index (χ3v) is 4.48. The van der Waals surface area contributed by atoms with Crippen molar-refractivity contribution < 1.29 is 23.7 Å². The second-order valence-corrected chi connectivity index (χ2v) is 5.86. The molecule has 8 heteroatoms. The van der Waals surface area contributed by atoms with Crippen molar-refractivity contribution >= 4 is 10.9 Å². The first-order valence-electron chi connectivity index (χ1n) is 8.47. The number of nitrogens with zero attached hydrogens (tertiary/aromatic N) is 2. The van der Waals surface area contributed by atoms with Crippen LogP contribution in [0.25, 0.3) is 10.9 Å². The molecule has 0 aliphatic heterocycles. The maximum atomic E-state index is 13.2. The van der Waals surface area contributed by atoms with E-state index in [2.05, 4.69) is 4.98 Å². The van der Waals surface area contributed by atoms with Crippen LogP contribution in [-0.4, -0.2) is 45.1 Å². The van der Waals surface area contributed by atoms with Crippen LogP contribution >= 0.6 is 0 Å². The summed E-state index contributed by atoms with van der Waals surface area (Å²) in [5.74, 6) is 2.36. The molecule has 3 rings (SSSR count). The Kier molecular flexibility index (Phi) is 5.58. The van der Waals surface area contributed by atoms with Gasteiger partial charge in [0.05, 0.1) is 59.4 Å². The monoisotopic (exact) mass is 386 g/mol. The Morgan fingerprint density at radius 2 is 1.46 bits per heavy atom. The Labute approximate surface area is 162 Å². The van der Waals surface area contributed by atoms with E-state index in [1.807, 2.05) is 18.2 Å². The van der Waals surface area contributed by atoms with Crippen LogP contribution in [-0.2, 0) is 6.54 Å². The molecule has 28 heavy (non-hydrogen) atoms. The van der Waals surface area contributed by atoms with Crippen molar-refractivity contribution in [1.29, 1.82) is 0 Å². The minimum absolute atomic E-state index is 0.228. The van der Waals surface area contributed by atoms with Gasteiger partial charge in [-0.2, -0.15) is 0 Å². The number of benzene rings is 2. The molecule has 8 nitrogen and oxygen atoms in total. The van der Waals surface area contributed by atoms with Gasteiger partial charge in [0.1, 0.15) is 17.0 Å². The number of rotatable bonds is 7. The topological polar surface area (TPSA) is 81.0 Å². The zero-order valence-electron chi connectivity index (χ0n) is 16.4. The molecule has 0 unspecified atom stereocenters. The fourth-order valence-corrected chi connectivity index (χ4v) is 3.13. The van der Waals surface area contributed by atoms with Gasteiger partial charge in [0, 0.05) is 0 Å². The average molecular weight is 386 g/mol. The van der Waals surface area contributed by atoms with Gasteiger partial charge in [0.15, 0.2) is 11.5 Å². The van der Waals surface area contributed by atoms with Gasteiger partial charge in [-0.05, 0) is 18.2 Å². The van der Waals surface area contributed by atoms with Crippen molar-refractivity contribution in [1.82, 2.24) is 9.55 Å². The van der Waals surface area contributed by atoms with Gasteiger partial charge >= 0.3 is 0 Å². The third kappa shape index (κ3) is 3.17. The van der Waals surface area contributed by atoms with Crippen molar-refractivity contribution in [2.75, 3.05) is 35.5 Å².